The predicted octanol–water partition coefficient (Wildman–Crippen LogP) is 2.63. The second-order valence-electron chi connectivity index (χ2n) is 4.37. The Kier molecular flexibility index (Phi) is 3.01. The molecule has 0 radical (unpaired) electrons. The highest BCUT2D eigenvalue weighted by atomic mass is 19.1. The van der Waals surface area contributed by atoms with Gasteiger partial charge < -0.3 is 14.6 Å². The zero-order chi connectivity index (χ0) is 11.7. The number of rotatable bonds is 3. The minimum Gasteiger partial charge on any atom is -0.454 e. The summed E-state index contributed by atoms with van der Waals surface area (Å²) in [5.74, 6) is 0.759. The summed E-state index contributed by atoms with van der Waals surface area (Å²) >= 11 is 0. The van der Waals surface area contributed by atoms with Crippen molar-refractivity contribution in [3.63, 3.8) is 0 Å². The molecule has 3 nitrogen and oxygen atoms in total. The van der Waals surface area contributed by atoms with E-state index in [1.807, 2.05) is 13.8 Å². The maximum atomic E-state index is 13.7. The van der Waals surface area contributed by atoms with E-state index in [9.17, 15) is 9.50 Å². The first kappa shape index (κ1) is 11.2. The average molecular weight is 226 g/mol. The first-order valence-electron chi connectivity index (χ1n) is 5.35. The molecule has 0 saturated carbocycles. The van der Waals surface area contributed by atoms with E-state index in [0.717, 1.165) is 0 Å². The molecule has 1 atom stereocenters. The van der Waals surface area contributed by atoms with Gasteiger partial charge in [0, 0.05) is 11.6 Å². The molecule has 1 unspecified atom stereocenters. The minimum absolute atomic E-state index is 0.110. The summed E-state index contributed by atoms with van der Waals surface area (Å²) in [4.78, 5) is 0. The molecule has 0 aliphatic carbocycles. The van der Waals surface area contributed by atoms with Crippen LogP contribution in [0.5, 0.6) is 11.5 Å². The highest BCUT2D eigenvalue weighted by molar-refractivity contribution is 5.45. The molecule has 4 heteroatoms. The quantitative estimate of drug-likeness (QED) is 0.861. The lowest BCUT2D eigenvalue weighted by Gasteiger charge is -2.14. The summed E-state index contributed by atoms with van der Waals surface area (Å²) in [6.45, 7) is 4.07. The second kappa shape index (κ2) is 4.29. The molecule has 16 heavy (non-hydrogen) atoms. The third-order valence-corrected chi connectivity index (χ3v) is 2.55. The summed E-state index contributed by atoms with van der Waals surface area (Å²) in [6, 6.07) is 2.78. The molecule has 1 heterocycles. The summed E-state index contributed by atoms with van der Waals surface area (Å²) < 4.78 is 23.9. The van der Waals surface area contributed by atoms with Gasteiger partial charge in [-0.2, -0.15) is 0 Å². The van der Waals surface area contributed by atoms with Gasteiger partial charge in [-0.05, 0) is 18.4 Å². The number of hydrogen-bond acceptors (Lipinski definition) is 3. The van der Waals surface area contributed by atoms with Gasteiger partial charge >= 0.3 is 0 Å². The molecule has 1 N–H and O–H groups in total. The van der Waals surface area contributed by atoms with Gasteiger partial charge in [-0.15, -0.1) is 0 Å². The number of benzene rings is 1. The Balaban J connectivity index is 2.27. The maximum absolute atomic E-state index is 13.7. The van der Waals surface area contributed by atoms with Crippen LogP contribution in [0.25, 0.3) is 0 Å². The van der Waals surface area contributed by atoms with Crippen LogP contribution in [-0.4, -0.2) is 11.9 Å². The van der Waals surface area contributed by atoms with Crippen molar-refractivity contribution >= 4 is 0 Å². The van der Waals surface area contributed by atoms with E-state index in [4.69, 9.17) is 9.47 Å². The van der Waals surface area contributed by atoms with Crippen LogP contribution in [0, 0.1) is 11.7 Å². The highest BCUT2D eigenvalue weighted by Crippen LogP contribution is 2.37. The van der Waals surface area contributed by atoms with E-state index in [0.29, 0.717) is 23.8 Å². The van der Waals surface area contributed by atoms with Crippen molar-refractivity contribution in [2.45, 2.75) is 26.4 Å². The molecule has 0 fully saturated rings. The molecule has 2 rings (SSSR count). The van der Waals surface area contributed by atoms with Crippen molar-refractivity contribution in [1.82, 2.24) is 0 Å². The first-order chi connectivity index (χ1) is 7.58. The third-order valence-electron chi connectivity index (χ3n) is 2.55. The van der Waals surface area contributed by atoms with Crippen molar-refractivity contribution in [1.29, 1.82) is 0 Å². The van der Waals surface area contributed by atoms with Gasteiger partial charge in [0.1, 0.15) is 5.82 Å². The fourth-order valence-corrected chi connectivity index (χ4v) is 1.76. The molecule has 88 valence electrons. The van der Waals surface area contributed by atoms with Gasteiger partial charge in [-0.3, -0.25) is 0 Å². The van der Waals surface area contributed by atoms with Crippen LogP contribution in [0.1, 0.15) is 31.9 Å². The van der Waals surface area contributed by atoms with E-state index in [2.05, 4.69) is 0 Å². The van der Waals surface area contributed by atoms with Crippen LogP contribution in [0.4, 0.5) is 4.39 Å². The Morgan fingerprint density at radius 3 is 2.56 bits per heavy atom. The predicted molar refractivity (Wildman–Crippen MR) is 56.9 cm³/mol. The van der Waals surface area contributed by atoms with Crippen molar-refractivity contribution in [3.05, 3.63) is 23.5 Å². The average Bonchev–Trinajstić information content (AvgIpc) is 2.61. The lowest BCUT2D eigenvalue weighted by molar-refractivity contribution is 0.146. The first-order valence-corrected chi connectivity index (χ1v) is 5.35. The van der Waals surface area contributed by atoms with Crippen LogP contribution in [0.2, 0.25) is 0 Å². The molecule has 1 aliphatic rings. The smallest absolute Gasteiger partial charge is 0.231 e. The molecule has 0 spiro atoms. The van der Waals surface area contributed by atoms with E-state index in [1.54, 1.807) is 0 Å². The normalized spacial score (nSPS) is 15.6. The van der Waals surface area contributed by atoms with Crippen LogP contribution >= 0.6 is 0 Å². The molecule has 0 aromatic heterocycles. The van der Waals surface area contributed by atoms with Gasteiger partial charge in [0.25, 0.3) is 0 Å². The van der Waals surface area contributed by atoms with Gasteiger partial charge in [0.2, 0.25) is 6.79 Å². The lowest BCUT2D eigenvalue weighted by atomic mass is 9.99. The fourth-order valence-electron chi connectivity index (χ4n) is 1.76. The van der Waals surface area contributed by atoms with E-state index < -0.39 is 11.9 Å². The molecule has 1 aliphatic heterocycles. The summed E-state index contributed by atoms with van der Waals surface area (Å²) in [5, 5.41) is 9.87. The number of fused-ring (bicyclic) bond motifs is 1. The highest BCUT2D eigenvalue weighted by Gasteiger charge is 2.21. The zero-order valence-electron chi connectivity index (χ0n) is 9.37. The number of aliphatic hydroxyl groups is 1. The largest absolute Gasteiger partial charge is 0.454 e. The monoisotopic (exact) mass is 226 g/mol. The van der Waals surface area contributed by atoms with Crippen LogP contribution in [0.3, 0.4) is 0 Å². The van der Waals surface area contributed by atoms with Crippen LogP contribution in [-0.2, 0) is 0 Å². The minimum atomic E-state index is -0.797. The molecule has 0 amide bonds. The standard InChI is InChI=1S/C12H15FO3/c1-7(2)3-10(14)8-4-11-12(5-9(8)13)16-6-15-11/h4-5,7,10,14H,3,6H2,1-2H3. The van der Waals surface area contributed by atoms with Gasteiger partial charge in [-0.1, -0.05) is 13.8 Å². The fraction of sp³-hybridized carbons (Fsp3) is 0.500. The molecule has 0 bridgehead atoms. The lowest BCUT2D eigenvalue weighted by Crippen LogP contribution is -2.04. The van der Waals surface area contributed by atoms with Gasteiger partial charge in [-0.25, -0.2) is 4.39 Å². The van der Waals surface area contributed by atoms with Gasteiger partial charge in [0.05, 0.1) is 6.10 Å². The SMILES string of the molecule is CC(C)CC(O)c1cc2c(cc1F)OCO2. The summed E-state index contributed by atoms with van der Waals surface area (Å²) in [6.07, 6.45) is -0.272. The molecular weight excluding hydrogens is 211 g/mol. The summed E-state index contributed by atoms with van der Waals surface area (Å²) in [5.41, 5.74) is 0.276. The Hall–Kier alpha value is -1.29. The van der Waals surface area contributed by atoms with E-state index in [-0.39, 0.29) is 12.4 Å². The number of ether oxygens (including phenoxy) is 2. The van der Waals surface area contributed by atoms with Crippen molar-refractivity contribution in [3.8, 4) is 11.5 Å². The second-order valence-corrected chi connectivity index (χ2v) is 4.37. The zero-order valence-corrected chi connectivity index (χ0v) is 9.37. The van der Waals surface area contributed by atoms with Crippen molar-refractivity contribution in [2.75, 3.05) is 6.79 Å². The van der Waals surface area contributed by atoms with Crippen molar-refractivity contribution < 1.29 is 19.0 Å². The number of halogens is 1. The molecule has 1 aromatic carbocycles. The number of hydrogen-bond donors (Lipinski definition) is 1. The molecule has 1 aromatic rings. The molecular formula is C12H15FO3. The maximum Gasteiger partial charge on any atom is 0.231 e. The Morgan fingerprint density at radius 2 is 1.94 bits per heavy atom. The molecule has 0 saturated heterocycles. The van der Waals surface area contributed by atoms with E-state index >= 15 is 0 Å². The topological polar surface area (TPSA) is 38.7 Å². The van der Waals surface area contributed by atoms with Crippen LogP contribution < -0.4 is 9.47 Å². The summed E-state index contributed by atoms with van der Waals surface area (Å²) in [7, 11) is 0. The Morgan fingerprint density at radius 1 is 1.31 bits per heavy atom. The van der Waals surface area contributed by atoms with E-state index in [1.165, 1.54) is 12.1 Å². The van der Waals surface area contributed by atoms with Crippen molar-refractivity contribution in [2.24, 2.45) is 5.92 Å². The Bertz CT molecular complexity index is 390. The number of aliphatic hydroxyl groups excluding tert-OH is 1. The Labute approximate surface area is 93.8 Å². The van der Waals surface area contributed by atoms with Crippen LogP contribution in [0.15, 0.2) is 12.1 Å². The third kappa shape index (κ3) is 2.11. The van der Waals surface area contributed by atoms with Gasteiger partial charge in [0.15, 0.2) is 11.5 Å².